The molecule has 2 saturated heterocycles. The second-order valence-corrected chi connectivity index (χ2v) is 15.6. The van der Waals surface area contributed by atoms with E-state index in [0.29, 0.717) is 44.9 Å². The van der Waals surface area contributed by atoms with E-state index in [1.807, 2.05) is 6.08 Å². The second kappa shape index (κ2) is 13.4. The van der Waals surface area contributed by atoms with Crippen LogP contribution in [0.3, 0.4) is 0 Å². The van der Waals surface area contributed by atoms with Gasteiger partial charge in [-0.1, -0.05) is 62.9 Å². The molecule has 2 aliphatic heterocycles. The summed E-state index contributed by atoms with van der Waals surface area (Å²) in [6.45, 7) is 0. The van der Waals surface area contributed by atoms with Crippen molar-refractivity contribution >= 4 is 74.3 Å². The van der Waals surface area contributed by atoms with Gasteiger partial charge in [0.2, 0.25) is 11.8 Å². The van der Waals surface area contributed by atoms with Crippen LogP contribution in [0.25, 0.3) is 0 Å². The zero-order valence-electron chi connectivity index (χ0n) is 28.5. The van der Waals surface area contributed by atoms with Gasteiger partial charge in [0, 0.05) is 27.2 Å². The number of aromatic nitrogens is 1. The summed E-state index contributed by atoms with van der Waals surface area (Å²) >= 11 is 16.0. The van der Waals surface area contributed by atoms with Crippen LogP contribution in [0.15, 0.2) is 95.1 Å². The SMILES string of the molecule is COc1ccc(O)c([C@H]2C3=CC[C@@H]4C(=O)N(c5ccc(Br)cc5)C(=O)[C@@H]4[C@@H]3C[C@H]3C(=O)N(Nc4ncc(C(F)(F)F)cc4Cl)C(=O)[C@@]23c2ccc(Cl)cc2)c1. The fraction of sp³-hybridized carbons (Fsp3) is 0.256. The molecular weight excluding hydrogens is 828 g/mol. The number of imide groups is 2. The molecule has 1 saturated carbocycles. The number of fused-ring (bicyclic) bond motifs is 4. The molecule has 55 heavy (non-hydrogen) atoms. The van der Waals surface area contributed by atoms with Gasteiger partial charge < -0.3 is 9.84 Å². The maximum Gasteiger partial charge on any atom is 0.417 e. The van der Waals surface area contributed by atoms with Crippen LogP contribution < -0.4 is 15.1 Å². The quantitative estimate of drug-likeness (QED) is 0.147. The molecule has 0 radical (unpaired) electrons. The Balaban J connectivity index is 1.32. The van der Waals surface area contributed by atoms with Crippen molar-refractivity contribution in [3.63, 3.8) is 0 Å². The molecule has 8 rings (SSSR count). The van der Waals surface area contributed by atoms with Crippen molar-refractivity contribution in [3.05, 3.63) is 122 Å². The predicted molar refractivity (Wildman–Crippen MR) is 198 cm³/mol. The van der Waals surface area contributed by atoms with Crippen LogP contribution in [-0.2, 0) is 30.8 Å². The van der Waals surface area contributed by atoms with E-state index < -0.39 is 75.4 Å². The van der Waals surface area contributed by atoms with Crippen molar-refractivity contribution in [3.8, 4) is 11.5 Å². The highest BCUT2D eigenvalue weighted by Crippen LogP contribution is 2.65. The molecule has 3 fully saturated rings. The van der Waals surface area contributed by atoms with Crippen molar-refractivity contribution in [2.75, 3.05) is 17.4 Å². The molecule has 0 bridgehead atoms. The number of ether oxygens (including phenoxy) is 1. The highest BCUT2D eigenvalue weighted by molar-refractivity contribution is 9.10. The highest BCUT2D eigenvalue weighted by atomic mass is 79.9. The number of phenols is 1. The third-order valence-electron chi connectivity index (χ3n) is 11.2. The minimum Gasteiger partial charge on any atom is -0.508 e. The number of pyridine rings is 1. The monoisotopic (exact) mass is 854 g/mol. The van der Waals surface area contributed by atoms with Crippen LogP contribution in [0.2, 0.25) is 10.0 Å². The number of hydrazine groups is 1. The van der Waals surface area contributed by atoms with Gasteiger partial charge in [-0.05, 0) is 85.0 Å². The molecule has 0 spiro atoms. The smallest absolute Gasteiger partial charge is 0.417 e. The summed E-state index contributed by atoms with van der Waals surface area (Å²) in [4.78, 5) is 63.6. The molecule has 6 atom stereocenters. The molecule has 10 nitrogen and oxygen atoms in total. The first kappa shape index (κ1) is 37.0. The van der Waals surface area contributed by atoms with E-state index >= 15 is 4.79 Å². The highest BCUT2D eigenvalue weighted by Gasteiger charge is 2.70. The van der Waals surface area contributed by atoms with Gasteiger partial charge in [0.15, 0.2) is 5.82 Å². The summed E-state index contributed by atoms with van der Waals surface area (Å²) in [6, 6.07) is 18.2. The summed E-state index contributed by atoms with van der Waals surface area (Å²) < 4.78 is 46.7. The molecule has 4 aliphatic rings. The molecule has 2 aliphatic carbocycles. The number of alkyl halides is 3. The summed E-state index contributed by atoms with van der Waals surface area (Å²) in [5, 5.41) is 12.1. The molecule has 1 aromatic heterocycles. The number of rotatable bonds is 6. The van der Waals surface area contributed by atoms with Gasteiger partial charge in [-0.2, -0.15) is 18.2 Å². The maximum atomic E-state index is 15.3. The first-order chi connectivity index (χ1) is 26.2. The zero-order chi connectivity index (χ0) is 39.1. The number of carbonyl (C=O) groups is 4. The van der Waals surface area contributed by atoms with Crippen LogP contribution in [0.1, 0.15) is 35.4 Å². The number of hydrogen-bond acceptors (Lipinski definition) is 8. The number of anilines is 2. The van der Waals surface area contributed by atoms with Gasteiger partial charge in [0.05, 0.1) is 46.6 Å². The molecule has 2 N–H and O–H groups in total. The van der Waals surface area contributed by atoms with Gasteiger partial charge in [0.1, 0.15) is 11.5 Å². The zero-order valence-corrected chi connectivity index (χ0v) is 31.6. The third kappa shape index (κ3) is 5.71. The molecule has 282 valence electrons. The Hall–Kier alpha value is -4.92. The van der Waals surface area contributed by atoms with E-state index in [2.05, 4.69) is 26.3 Å². The molecule has 4 amide bonds. The van der Waals surface area contributed by atoms with Crippen molar-refractivity contribution in [2.45, 2.75) is 30.4 Å². The average molecular weight is 856 g/mol. The lowest BCUT2D eigenvalue weighted by atomic mass is 9.49. The first-order valence-corrected chi connectivity index (χ1v) is 18.6. The van der Waals surface area contributed by atoms with Gasteiger partial charge in [-0.3, -0.25) is 29.5 Å². The number of nitrogens with one attached hydrogen (secondary N) is 1. The number of amides is 4. The normalized spacial score (nSPS) is 26.1. The predicted octanol–water partition coefficient (Wildman–Crippen LogP) is 8.07. The fourth-order valence-corrected chi connectivity index (χ4v) is 9.46. The van der Waals surface area contributed by atoms with E-state index in [4.69, 9.17) is 27.9 Å². The second-order valence-electron chi connectivity index (χ2n) is 13.8. The Morgan fingerprint density at radius 1 is 0.945 bits per heavy atom. The number of allylic oxidation sites excluding steroid dienone is 2. The Bertz CT molecular complexity index is 2330. The largest absolute Gasteiger partial charge is 0.508 e. The number of nitrogens with zero attached hydrogens (tertiary/aromatic N) is 3. The summed E-state index contributed by atoms with van der Waals surface area (Å²) in [7, 11) is 1.43. The number of benzene rings is 3. The summed E-state index contributed by atoms with van der Waals surface area (Å²) in [5.41, 5.74) is 1.12. The van der Waals surface area contributed by atoms with Crippen molar-refractivity contribution in [1.82, 2.24) is 9.99 Å². The summed E-state index contributed by atoms with van der Waals surface area (Å²) in [5.74, 6) is -7.60. The molecule has 16 heteroatoms. The maximum absolute atomic E-state index is 15.3. The lowest BCUT2D eigenvalue weighted by molar-refractivity contribution is -0.139. The van der Waals surface area contributed by atoms with Crippen molar-refractivity contribution in [1.29, 1.82) is 0 Å². The van der Waals surface area contributed by atoms with Crippen LogP contribution in [0, 0.1) is 23.7 Å². The number of hydrogen-bond donors (Lipinski definition) is 2. The van der Waals surface area contributed by atoms with E-state index in [-0.39, 0.29) is 30.0 Å². The van der Waals surface area contributed by atoms with E-state index in [1.165, 1.54) is 19.2 Å². The van der Waals surface area contributed by atoms with Crippen LogP contribution in [0.4, 0.5) is 24.7 Å². The van der Waals surface area contributed by atoms with Gasteiger partial charge in [-0.15, -0.1) is 0 Å². The van der Waals surface area contributed by atoms with Crippen molar-refractivity contribution in [2.24, 2.45) is 23.7 Å². The number of halogens is 6. The first-order valence-electron chi connectivity index (χ1n) is 17.0. The van der Waals surface area contributed by atoms with Crippen molar-refractivity contribution < 1.29 is 42.2 Å². The molecule has 3 heterocycles. The Labute approximate surface area is 330 Å². The van der Waals surface area contributed by atoms with E-state index in [1.54, 1.807) is 54.6 Å². The molecule has 3 aromatic carbocycles. The standard InChI is InChI=1S/C39H28BrCl2F3N4O6/c1-55-23-10-13-30(50)27(15-23)32-24-11-12-25-31(36(53)48(34(25)51)22-8-4-20(40)5-9-22)26(24)16-28-35(52)49(37(54)38(28,32)18-2-6-21(41)7-3-18)47-33-29(42)14-19(17-46-33)39(43,44)45/h2-11,13-15,17,25-26,28,31-32,50H,12,16H2,1H3,(H,46,47)/t25-,26+,28-,31-,32+,38+/m0/s1. The molecule has 0 unspecified atom stereocenters. The minimum atomic E-state index is -4.76. The third-order valence-corrected chi connectivity index (χ3v) is 12.3. The van der Waals surface area contributed by atoms with Crippen LogP contribution >= 0.6 is 39.1 Å². The summed E-state index contributed by atoms with van der Waals surface area (Å²) in [6.07, 6.45) is -2.37. The lowest BCUT2D eigenvalue weighted by Crippen LogP contribution is -2.53. The topological polar surface area (TPSA) is 129 Å². The molecular formula is C39H28BrCl2F3N4O6. The number of aromatic hydroxyl groups is 1. The van der Waals surface area contributed by atoms with Gasteiger partial charge >= 0.3 is 6.18 Å². The van der Waals surface area contributed by atoms with Gasteiger partial charge in [-0.25, -0.2) is 4.98 Å². The number of phenolic OH excluding ortho intramolecular Hbond substituents is 1. The van der Waals surface area contributed by atoms with Crippen LogP contribution in [0.5, 0.6) is 11.5 Å². The Morgan fingerprint density at radius 2 is 1.65 bits per heavy atom. The van der Waals surface area contributed by atoms with E-state index in [0.717, 1.165) is 9.37 Å². The van der Waals surface area contributed by atoms with Crippen LogP contribution in [-0.4, -0.2) is 45.8 Å². The Kier molecular flexibility index (Phi) is 9.01. The minimum absolute atomic E-state index is 0.0824. The number of carbonyl (C=O) groups excluding carboxylic acids is 4. The molecule has 4 aromatic rings. The average Bonchev–Trinajstić information content (AvgIpc) is 3.53. The Morgan fingerprint density at radius 3 is 2.31 bits per heavy atom. The van der Waals surface area contributed by atoms with E-state index in [9.17, 15) is 32.7 Å². The number of methoxy groups -OCH3 is 1. The fourth-order valence-electron chi connectivity index (χ4n) is 8.86. The lowest BCUT2D eigenvalue weighted by Gasteiger charge is -2.50. The van der Waals surface area contributed by atoms with Gasteiger partial charge in [0.25, 0.3) is 11.8 Å².